The molecular weight excluding hydrogens is 206 g/mol. The van der Waals surface area contributed by atoms with Crippen LogP contribution in [0.3, 0.4) is 0 Å². The van der Waals surface area contributed by atoms with Crippen LogP contribution in [0.4, 0.5) is 0 Å². The van der Waals surface area contributed by atoms with E-state index in [1.807, 2.05) is 12.1 Å². The fraction of sp³-hybridized carbons (Fsp3) is 0.125. The molecule has 2 aromatic carbocycles. The zero-order valence-corrected chi connectivity index (χ0v) is 9.89. The lowest BCUT2D eigenvalue weighted by molar-refractivity contribution is 1.02. The normalized spacial score (nSPS) is 10.2. The number of hydrogen-bond donors (Lipinski definition) is 1. The molecule has 0 spiro atoms. The highest BCUT2D eigenvalue weighted by Crippen LogP contribution is 2.29. The lowest BCUT2D eigenvalue weighted by Crippen LogP contribution is -2.00. The second-order valence-electron chi connectivity index (χ2n) is 4.05. The van der Waals surface area contributed by atoms with Crippen molar-refractivity contribution in [3.8, 4) is 11.1 Å². The van der Waals surface area contributed by atoms with Crippen LogP contribution in [0.5, 0.6) is 0 Å². The van der Waals surface area contributed by atoms with Gasteiger partial charge in [-0.25, -0.2) is 0 Å². The van der Waals surface area contributed by atoms with Gasteiger partial charge in [0.2, 0.25) is 0 Å². The molecule has 0 saturated carbocycles. The maximum atomic E-state index is 5.59. The van der Waals surface area contributed by atoms with Crippen molar-refractivity contribution < 1.29 is 0 Å². The molecule has 2 aromatic rings. The van der Waals surface area contributed by atoms with Gasteiger partial charge >= 0.3 is 0 Å². The number of rotatable bonds is 4. The van der Waals surface area contributed by atoms with Crippen molar-refractivity contribution in [2.24, 2.45) is 5.73 Å². The summed E-state index contributed by atoms with van der Waals surface area (Å²) in [5.74, 6) is 0. The van der Waals surface area contributed by atoms with Crippen molar-refractivity contribution in [3.05, 3.63) is 66.7 Å². The van der Waals surface area contributed by atoms with Crippen LogP contribution in [0.15, 0.2) is 61.2 Å². The predicted octanol–water partition coefficient (Wildman–Crippen LogP) is 3.72. The minimum Gasteiger partial charge on any atom is -0.330 e. The highest BCUT2D eigenvalue weighted by Gasteiger charge is 2.06. The molecule has 0 saturated heterocycles. The lowest BCUT2D eigenvalue weighted by atomic mass is 9.94. The molecule has 0 aliphatic rings. The second kappa shape index (κ2) is 5.46. The molecule has 0 atom stereocenters. The van der Waals surface area contributed by atoms with Gasteiger partial charge < -0.3 is 5.73 Å². The van der Waals surface area contributed by atoms with E-state index >= 15 is 0 Å². The highest BCUT2D eigenvalue weighted by atomic mass is 14.5. The van der Waals surface area contributed by atoms with E-state index in [4.69, 9.17) is 5.73 Å². The maximum absolute atomic E-state index is 5.59. The van der Waals surface area contributed by atoms with E-state index in [-0.39, 0.29) is 0 Å². The molecule has 0 aliphatic heterocycles. The van der Waals surface area contributed by atoms with E-state index < -0.39 is 0 Å². The highest BCUT2D eigenvalue weighted by molar-refractivity contribution is 5.80. The van der Waals surface area contributed by atoms with Gasteiger partial charge in [-0.05, 0) is 35.2 Å². The van der Waals surface area contributed by atoms with Gasteiger partial charge in [-0.1, -0.05) is 61.2 Å². The van der Waals surface area contributed by atoms with E-state index in [2.05, 4.69) is 49.0 Å². The summed E-state index contributed by atoms with van der Waals surface area (Å²) in [7, 11) is 0. The zero-order valence-electron chi connectivity index (χ0n) is 9.89. The Balaban J connectivity index is 2.45. The first-order valence-corrected chi connectivity index (χ1v) is 5.85. The first kappa shape index (κ1) is 11.6. The fourth-order valence-electron chi connectivity index (χ4n) is 1.97. The van der Waals surface area contributed by atoms with Gasteiger partial charge in [-0.2, -0.15) is 0 Å². The molecule has 1 nitrogen and oxygen atoms in total. The largest absolute Gasteiger partial charge is 0.330 e. The molecule has 1 heteroatoms. The summed E-state index contributed by atoms with van der Waals surface area (Å²) in [5.41, 5.74) is 10.3. The number of nitrogens with two attached hydrogens (primary N) is 1. The molecule has 0 aliphatic carbocycles. The van der Waals surface area contributed by atoms with Crippen molar-refractivity contribution >= 4 is 5.57 Å². The number of benzene rings is 2. The monoisotopic (exact) mass is 223 g/mol. The molecule has 0 heterocycles. The van der Waals surface area contributed by atoms with Gasteiger partial charge in [-0.3, -0.25) is 0 Å². The number of hydrogen-bond acceptors (Lipinski definition) is 1. The Labute approximate surface area is 103 Å². The third-order valence-electron chi connectivity index (χ3n) is 2.84. The fourth-order valence-corrected chi connectivity index (χ4v) is 1.97. The van der Waals surface area contributed by atoms with Crippen molar-refractivity contribution in [1.29, 1.82) is 0 Å². The van der Waals surface area contributed by atoms with Gasteiger partial charge in [0.15, 0.2) is 0 Å². The summed E-state index contributed by atoms with van der Waals surface area (Å²) in [5, 5.41) is 0. The molecule has 2 rings (SSSR count). The van der Waals surface area contributed by atoms with Gasteiger partial charge in [0.1, 0.15) is 0 Å². The smallest absolute Gasteiger partial charge is 0.00367 e. The van der Waals surface area contributed by atoms with Gasteiger partial charge in [-0.15, -0.1) is 0 Å². The standard InChI is InChI=1S/C16H17N/c1-13(11-12-17)15-9-5-6-10-16(15)14-7-3-2-4-8-14/h2-10H,1,11-12,17H2. The van der Waals surface area contributed by atoms with Crippen LogP contribution in [-0.2, 0) is 0 Å². The van der Waals surface area contributed by atoms with Gasteiger partial charge in [0.25, 0.3) is 0 Å². The van der Waals surface area contributed by atoms with Crippen molar-refractivity contribution in [2.45, 2.75) is 6.42 Å². The molecule has 17 heavy (non-hydrogen) atoms. The molecule has 2 N–H and O–H groups in total. The maximum Gasteiger partial charge on any atom is -0.00367 e. The van der Waals surface area contributed by atoms with Crippen molar-refractivity contribution in [2.75, 3.05) is 6.54 Å². The van der Waals surface area contributed by atoms with Crippen LogP contribution < -0.4 is 5.73 Å². The summed E-state index contributed by atoms with van der Waals surface area (Å²) >= 11 is 0. The lowest BCUT2D eigenvalue weighted by Gasteiger charge is -2.11. The zero-order chi connectivity index (χ0) is 12.1. The van der Waals surface area contributed by atoms with Crippen LogP contribution in [0, 0.1) is 0 Å². The van der Waals surface area contributed by atoms with E-state index in [1.54, 1.807) is 0 Å². The molecule has 0 fully saturated rings. The topological polar surface area (TPSA) is 26.0 Å². The Morgan fingerprint density at radius 2 is 1.59 bits per heavy atom. The summed E-state index contributed by atoms with van der Waals surface area (Å²) < 4.78 is 0. The Morgan fingerprint density at radius 1 is 0.941 bits per heavy atom. The Hall–Kier alpha value is -1.86. The van der Waals surface area contributed by atoms with Crippen LogP contribution >= 0.6 is 0 Å². The first-order valence-electron chi connectivity index (χ1n) is 5.85. The third-order valence-corrected chi connectivity index (χ3v) is 2.84. The molecule has 0 amide bonds. The van der Waals surface area contributed by atoms with Crippen molar-refractivity contribution in [3.63, 3.8) is 0 Å². The average molecular weight is 223 g/mol. The average Bonchev–Trinajstić information content (AvgIpc) is 2.40. The van der Waals surface area contributed by atoms with E-state index in [9.17, 15) is 0 Å². The molecular formula is C16H17N. The minimum atomic E-state index is 0.641. The Kier molecular flexibility index (Phi) is 3.73. The molecule has 86 valence electrons. The molecule has 0 unspecified atom stereocenters. The van der Waals surface area contributed by atoms with Crippen molar-refractivity contribution in [1.82, 2.24) is 0 Å². The van der Waals surface area contributed by atoms with Crippen LogP contribution in [0.25, 0.3) is 16.7 Å². The second-order valence-corrected chi connectivity index (χ2v) is 4.05. The van der Waals surface area contributed by atoms with Gasteiger partial charge in [0, 0.05) is 0 Å². The summed E-state index contributed by atoms with van der Waals surface area (Å²) in [6.07, 6.45) is 0.837. The molecule has 0 bridgehead atoms. The quantitative estimate of drug-likeness (QED) is 0.840. The summed E-state index contributed by atoms with van der Waals surface area (Å²) in [6.45, 7) is 4.76. The van der Waals surface area contributed by atoms with E-state index in [0.29, 0.717) is 6.54 Å². The Morgan fingerprint density at radius 3 is 2.29 bits per heavy atom. The van der Waals surface area contributed by atoms with Crippen LogP contribution in [0.2, 0.25) is 0 Å². The van der Waals surface area contributed by atoms with E-state index in [1.165, 1.54) is 16.7 Å². The predicted molar refractivity (Wildman–Crippen MR) is 74.6 cm³/mol. The SMILES string of the molecule is C=C(CCN)c1ccccc1-c1ccccc1. The van der Waals surface area contributed by atoms with Gasteiger partial charge in [0.05, 0.1) is 0 Å². The van der Waals surface area contributed by atoms with Crippen LogP contribution in [0.1, 0.15) is 12.0 Å². The summed E-state index contributed by atoms with van der Waals surface area (Å²) in [4.78, 5) is 0. The first-order chi connectivity index (χ1) is 8.33. The molecule has 0 aromatic heterocycles. The Bertz CT molecular complexity index is 500. The van der Waals surface area contributed by atoms with E-state index in [0.717, 1.165) is 12.0 Å². The van der Waals surface area contributed by atoms with Crippen LogP contribution in [-0.4, -0.2) is 6.54 Å². The summed E-state index contributed by atoms with van der Waals surface area (Å²) in [6, 6.07) is 18.7. The molecule has 0 radical (unpaired) electrons. The third kappa shape index (κ3) is 2.63. The minimum absolute atomic E-state index is 0.641.